The van der Waals surface area contributed by atoms with Gasteiger partial charge in [-0.1, -0.05) is 0 Å². The van der Waals surface area contributed by atoms with Crippen molar-refractivity contribution in [2.75, 3.05) is 60.0 Å². The molecule has 0 radical (unpaired) electrons. The van der Waals surface area contributed by atoms with E-state index in [0.29, 0.717) is 37.7 Å². The van der Waals surface area contributed by atoms with Crippen molar-refractivity contribution in [3.8, 4) is 5.75 Å². The molecule has 1 N–H and O–H groups in total. The molecule has 3 rings (SSSR count). The minimum atomic E-state index is -0.0175. The van der Waals surface area contributed by atoms with Crippen LogP contribution in [0.4, 0.5) is 4.79 Å². The van der Waals surface area contributed by atoms with E-state index in [1.165, 1.54) is 0 Å². The average Bonchev–Trinajstić information content (AvgIpc) is 3.11. The summed E-state index contributed by atoms with van der Waals surface area (Å²) in [4.78, 5) is 30.8. The summed E-state index contributed by atoms with van der Waals surface area (Å²) in [5, 5.41) is 3.05. The maximum atomic E-state index is 12.6. The van der Waals surface area contributed by atoms with E-state index in [4.69, 9.17) is 4.74 Å². The van der Waals surface area contributed by atoms with Gasteiger partial charge < -0.3 is 24.8 Å². The van der Waals surface area contributed by atoms with Crippen LogP contribution in [0.1, 0.15) is 16.8 Å². The first kappa shape index (κ1) is 18.5. The Morgan fingerprint density at radius 1 is 1.08 bits per heavy atom. The fraction of sp³-hybridized carbons (Fsp3) is 0.579. The summed E-state index contributed by atoms with van der Waals surface area (Å²) >= 11 is 0. The van der Waals surface area contributed by atoms with Crippen LogP contribution >= 0.6 is 0 Å². The predicted octanol–water partition coefficient (Wildman–Crippen LogP) is 1.11. The summed E-state index contributed by atoms with van der Waals surface area (Å²) in [6.45, 7) is 5.14. The quantitative estimate of drug-likeness (QED) is 0.874. The van der Waals surface area contributed by atoms with Crippen LogP contribution in [0.3, 0.4) is 0 Å². The molecule has 2 fully saturated rings. The SMILES string of the molecule is COc1ccc(C(=O)N2CCN(C(=O)NC[C@@H]3CCN(C)C3)CC2)cc1. The zero-order chi connectivity index (χ0) is 18.5. The summed E-state index contributed by atoms with van der Waals surface area (Å²) in [5.41, 5.74) is 0.647. The van der Waals surface area contributed by atoms with Gasteiger partial charge in [-0.15, -0.1) is 0 Å². The van der Waals surface area contributed by atoms with Gasteiger partial charge in [0, 0.05) is 44.8 Å². The maximum absolute atomic E-state index is 12.6. The molecule has 2 aliphatic rings. The van der Waals surface area contributed by atoms with Gasteiger partial charge in [0.2, 0.25) is 0 Å². The molecule has 1 atom stereocenters. The molecule has 26 heavy (non-hydrogen) atoms. The van der Waals surface area contributed by atoms with Crippen LogP contribution in [-0.4, -0.2) is 86.6 Å². The Balaban J connectivity index is 1.44. The Kier molecular flexibility index (Phi) is 5.98. The summed E-state index contributed by atoms with van der Waals surface area (Å²) < 4.78 is 5.12. The van der Waals surface area contributed by atoms with Crippen molar-refractivity contribution in [2.45, 2.75) is 6.42 Å². The van der Waals surface area contributed by atoms with Crippen LogP contribution < -0.4 is 10.1 Å². The molecule has 1 aromatic carbocycles. The Morgan fingerprint density at radius 3 is 2.31 bits per heavy atom. The molecule has 0 aliphatic carbocycles. The molecule has 0 aromatic heterocycles. The first-order chi connectivity index (χ1) is 12.6. The Bertz CT molecular complexity index is 626. The van der Waals surface area contributed by atoms with Crippen LogP contribution in [0.25, 0.3) is 0 Å². The third kappa shape index (κ3) is 4.46. The molecule has 0 unspecified atom stereocenters. The van der Waals surface area contributed by atoms with E-state index in [1.54, 1.807) is 41.2 Å². The number of hydrogen-bond acceptors (Lipinski definition) is 4. The summed E-state index contributed by atoms with van der Waals surface area (Å²) in [7, 11) is 3.72. The number of benzene rings is 1. The molecular formula is C19H28N4O3. The number of nitrogens with one attached hydrogen (secondary N) is 1. The van der Waals surface area contributed by atoms with Crippen molar-refractivity contribution >= 4 is 11.9 Å². The first-order valence-electron chi connectivity index (χ1n) is 9.21. The van der Waals surface area contributed by atoms with E-state index in [-0.39, 0.29) is 11.9 Å². The molecule has 0 spiro atoms. The molecule has 0 saturated carbocycles. The monoisotopic (exact) mass is 360 g/mol. The van der Waals surface area contributed by atoms with Gasteiger partial charge >= 0.3 is 6.03 Å². The van der Waals surface area contributed by atoms with E-state index in [0.717, 1.165) is 31.8 Å². The van der Waals surface area contributed by atoms with E-state index in [2.05, 4.69) is 17.3 Å². The Labute approximate surface area is 154 Å². The second kappa shape index (κ2) is 8.40. The molecule has 2 aliphatic heterocycles. The van der Waals surface area contributed by atoms with Gasteiger partial charge in [-0.2, -0.15) is 0 Å². The van der Waals surface area contributed by atoms with Crippen LogP contribution in [-0.2, 0) is 0 Å². The lowest BCUT2D eigenvalue weighted by Gasteiger charge is -2.35. The molecule has 2 saturated heterocycles. The second-order valence-corrected chi connectivity index (χ2v) is 7.11. The number of piperazine rings is 1. The van der Waals surface area contributed by atoms with Crippen molar-refractivity contribution in [2.24, 2.45) is 5.92 Å². The second-order valence-electron chi connectivity index (χ2n) is 7.11. The number of carbonyl (C=O) groups excluding carboxylic acids is 2. The molecule has 7 heteroatoms. The molecule has 7 nitrogen and oxygen atoms in total. The fourth-order valence-electron chi connectivity index (χ4n) is 3.57. The number of rotatable bonds is 4. The summed E-state index contributed by atoms with van der Waals surface area (Å²) in [5.74, 6) is 1.28. The highest BCUT2D eigenvalue weighted by atomic mass is 16.5. The minimum Gasteiger partial charge on any atom is -0.497 e. The highest BCUT2D eigenvalue weighted by Gasteiger charge is 2.26. The van der Waals surface area contributed by atoms with Gasteiger partial charge in [-0.25, -0.2) is 4.79 Å². The molecule has 0 bridgehead atoms. The third-order valence-electron chi connectivity index (χ3n) is 5.22. The molecule has 2 heterocycles. The van der Waals surface area contributed by atoms with Gasteiger partial charge in [0.05, 0.1) is 7.11 Å². The van der Waals surface area contributed by atoms with Crippen molar-refractivity contribution in [3.63, 3.8) is 0 Å². The van der Waals surface area contributed by atoms with E-state index >= 15 is 0 Å². The van der Waals surface area contributed by atoms with Crippen molar-refractivity contribution in [1.29, 1.82) is 0 Å². The van der Waals surface area contributed by atoms with E-state index in [9.17, 15) is 9.59 Å². The molecule has 1 aromatic rings. The van der Waals surface area contributed by atoms with Gasteiger partial charge in [-0.3, -0.25) is 4.79 Å². The van der Waals surface area contributed by atoms with Crippen LogP contribution in [0.15, 0.2) is 24.3 Å². The number of ether oxygens (including phenoxy) is 1. The summed E-state index contributed by atoms with van der Waals surface area (Å²) in [6.07, 6.45) is 1.14. The largest absolute Gasteiger partial charge is 0.497 e. The van der Waals surface area contributed by atoms with Crippen molar-refractivity contribution in [1.82, 2.24) is 20.0 Å². The number of nitrogens with zero attached hydrogens (tertiary/aromatic N) is 3. The Hall–Kier alpha value is -2.28. The number of urea groups is 1. The highest BCUT2D eigenvalue weighted by Crippen LogP contribution is 2.15. The van der Waals surface area contributed by atoms with Gasteiger partial charge in [0.15, 0.2) is 0 Å². The number of carbonyl (C=O) groups is 2. The number of likely N-dealkylation sites (tertiary alicyclic amines) is 1. The predicted molar refractivity (Wildman–Crippen MR) is 99.5 cm³/mol. The fourth-order valence-corrected chi connectivity index (χ4v) is 3.57. The molecular weight excluding hydrogens is 332 g/mol. The van der Waals surface area contributed by atoms with Crippen LogP contribution in [0.5, 0.6) is 5.75 Å². The first-order valence-corrected chi connectivity index (χ1v) is 9.21. The standard InChI is InChI=1S/C19H28N4O3/c1-21-8-7-15(14-21)13-20-19(25)23-11-9-22(10-12-23)18(24)16-3-5-17(26-2)6-4-16/h3-6,15H,7-14H2,1-2H3,(H,20,25)/t15-/m0/s1. The zero-order valence-corrected chi connectivity index (χ0v) is 15.6. The van der Waals surface area contributed by atoms with Gasteiger partial charge in [0.1, 0.15) is 5.75 Å². The third-order valence-corrected chi connectivity index (χ3v) is 5.22. The van der Waals surface area contributed by atoms with Crippen LogP contribution in [0.2, 0.25) is 0 Å². The van der Waals surface area contributed by atoms with Crippen molar-refractivity contribution in [3.05, 3.63) is 29.8 Å². The van der Waals surface area contributed by atoms with E-state index < -0.39 is 0 Å². The normalized spacial score (nSPS) is 20.9. The Morgan fingerprint density at radius 2 is 1.73 bits per heavy atom. The van der Waals surface area contributed by atoms with Crippen LogP contribution in [0, 0.1) is 5.92 Å². The lowest BCUT2D eigenvalue weighted by atomic mass is 10.1. The van der Waals surface area contributed by atoms with Gasteiger partial charge in [-0.05, 0) is 50.2 Å². The minimum absolute atomic E-state index is 0.00158. The average molecular weight is 360 g/mol. The number of amides is 3. The lowest BCUT2D eigenvalue weighted by Crippen LogP contribution is -2.53. The van der Waals surface area contributed by atoms with E-state index in [1.807, 2.05) is 0 Å². The van der Waals surface area contributed by atoms with Gasteiger partial charge in [0.25, 0.3) is 5.91 Å². The number of hydrogen-bond donors (Lipinski definition) is 1. The topological polar surface area (TPSA) is 65.1 Å². The maximum Gasteiger partial charge on any atom is 0.317 e. The summed E-state index contributed by atoms with van der Waals surface area (Å²) in [6, 6.07) is 7.11. The lowest BCUT2D eigenvalue weighted by molar-refractivity contribution is 0.0664. The molecule has 142 valence electrons. The number of methoxy groups -OCH3 is 1. The highest BCUT2D eigenvalue weighted by molar-refractivity contribution is 5.94. The smallest absolute Gasteiger partial charge is 0.317 e. The molecule has 3 amide bonds. The zero-order valence-electron chi connectivity index (χ0n) is 15.6. The van der Waals surface area contributed by atoms with Crippen molar-refractivity contribution < 1.29 is 14.3 Å².